The summed E-state index contributed by atoms with van der Waals surface area (Å²) < 4.78 is 0. The average Bonchev–Trinajstić information content (AvgIpc) is 2.52. The second kappa shape index (κ2) is 10.1. The number of aromatic nitrogens is 1. The molecule has 0 spiro atoms. The average molecular weight is 429 g/mol. The van der Waals surface area contributed by atoms with Crippen LogP contribution < -0.4 is 0 Å². The molecule has 0 aliphatic rings. The van der Waals surface area contributed by atoms with Gasteiger partial charge in [-0.15, -0.1) is 0 Å². The third kappa shape index (κ3) is 6.45. The number of hydrogen-bond acceptors (Lipinski definition) is 1. The van der Waals surface area contributed by atoms with Crippen LogP contribution in [-0.4, -0.2) is 4.98 Å². The number of pyridine rings is 1. The van der Waals surface area contributed by atoms with Crippen LogP contribution in [0.2, 0.25) is 0 Å². The van der Waals surface area contributed by atoms with Gasteiger partial charge in [0.15, 0.2) is 0 Å². The molecule has 3 aromatic rings. The standard InChI is InChI=1S/C12H10N.C6H5.W/c1-2-6-11(7-3-1)10-12-8-4-5-9-13-12;1-2-4-6-5-3-1;/h2-9H,10H2;1-5H;/q2*-1;+2. The fourth-order valence-corrected chi connectivity index (χ4v) is 1.59. The van der Waals surface area contributed by atoms with Crippen LogP contribution >= 0.6 is 0 Å². The molecule has 98 valence electrons. The summed E-state index contributed by atoms with van der Waals surface area (Å²) in [5.74, 6) is 0. The van der Waals surface area contributed by atoms with E-state index in [4.69, 9.17) is 0 Å². The number of hydrogen-bond donors (Lipinski definition) is 0. The SMILES string of the molecule is [W+2].[c-]1ccc(Cc2ccccn2)cc1.[c-]1ccccc1. The minimum Gasteiger partial charge on any atom is -0.261 e. The van der Waals surface area contributed by atoms with E-state index in [9.17, 15) is 0 Å². The van der Waals surface area contributed by atoms with Gasteiger partial charge < -0.3 is 0 Å². The predicted molar refractivity (Wildman–Crippen MR) is 77.6 cm³/mol. The zero-order valence-electron chi connectivity index (χ0n) is 11.1. The monoisotopic (exact) mass is 429 g/mol. The molecule has 0 aliphatic heterocycles. The minimum absolute atomic E-state index is 0. The Kier molecular flexibility index (Phi) is 8.26. The van der Waals surface area contributed by atoms with Gasteiger partial charge in [0.05, 0.1) is 0 Å². The van der Waals surface area contributed by atoms with Gasteiger partial charge in [0.1, 0.15) is 0 Å². The summed E-state index contributed by atoms with van der Waals surface area (Å²) in [4.78, 5) is 4.26. The summed E-state index contributed by atoms with van der Waals surface area (Å²) in [6.07, 6.45) is 2.72. The van der Waals surface area contributed by atoms with Crippen LogP contribution in [0.3, 0.4) is 0 Å². The van der Waals surface area contributed by atoms with Gasteiger partial charge in [-0.3, -0.25) is 4.98 Å². The van der Waals surface area contributed by atoms with Crippen molar-refractivity contribution >= 4 is 0 Å². The van der Waals surface area contributed by atoms with E-state index in [0.717, 1.165) is 12.1 Å². The molecule has 2 aromatic carbocycles. The van der Waals surface area contributed by atoms with Crippen molar-refractivity contribution in [3.05, 3.63) is 102 Å². The Morgan fingerprint density at radius 1 is 0.750 bits per heavy atom. The van der Waals surface area contributed by atoms with Gasteiger partial charge in [-0.1, -0.05) is 6.07 Å². The molecule has 2 heteroatoms. The molecule has 0 fully saturated rings. The Balaban J connectivity index is 0.000000243. The zero-order valence-corrected chi connectivity index (χ0v) is 14.0. The van der Waals surface area contributed by atoms with Crippen LogP contribution in [0, 0.1) is 12.1 Å². The van der Waals surface area contributed by atoms with E-state index in [2.05, 4.69) is 29.2 Å². The summed E-state index contributed by atoms with van der Waals surface area (Å²) in [5.41, 5.74) is 2.38. The molecule has 0 atom stereocenters. The molecular formula is C18H15NW. The summed E-state index contributed by atoms with van der Waals surface area (Å²) in [6.45, 7) is 0. The molecule has 20 heavy (non-hydrogen) atoms. The summed E-state index contributed by atoms with van der Waals surface area (Å²) in [7, 11) is 0. The first-order valence-corrected chi connectivity index (χ1v) is 6.21. The Labute approximate surface area is 135 Å². The third-order valence-corrected chi connectivity index (χ3v) is 2.51. The van der Waals surface area contributed by atoms with Crippen molar-refractivity contribution in [1.82, 2.24) is 4.98 Å². The molecule has 0 amide bonds. The van der Waals surface area contributed by atoms with Gasteiger partial charge in [0.25, 0.3) is 0 Å². The van der Waals surface area contributed by atoms with Crippen LogP contribution in [0.5, 0.6) is 0 Å². The van der Waals surface area contributed by atoms with Gasteiger partial charge in [-0.25, -0.2) is 0 Å². The van der Waals surface area contributed by atoms with Crippen molar-refractivity contribution in [2.75, 3.05) is 0 Å². The van der Waals surface area contributed by atoms with E-state index in [1.54, 1.807) is 0 Å². The Hall–Kier alpha value is -1.72. The summed E-state index contributed by atoms with van der Waals surface area (Å²) in [5, 5.41) is 0. The first-order valence-electron chi connectivity index (χ1n) is 6.21. The first kappa shape index (κ1) is 16.3. The second-order valence-electron chi connectivity index (χ2n) is 3.98. The fourth-order valence-electron chi connectivity index (χ4n) is 1.59. The predicted octanol–water partition coefficient (Wildman–Crippen LogP) is 3.96. The molecule has 0 N–H and O–H groups in total. The molecule has 0 saturated carbocycles. The van der Waals surface area contributed by atoms with E-state index in [-0.39, 0.29) is 21.1 Å². The van der Waals surface area contributed by atoms with Crippen molar-refractivity contribution in [2.45, 2.75) is 6.42 Å². The molecule has 1 aromatic heterocycles. The van der Waals surface area contributed by atoms with E-state index >= 15 is 0 Å². The van der Waals surface area contributed by atoms with Gasteiger partial charge in [0.2, 0.25) is 0 Å². The Morgan fingerprint density at radius 2 is 1.45 bits per heavy atom. The van der Waals surface area contributed by atoms with Crippen LogP contribution in [0.25, 0.3) is 0 Å². The summed E-state index contributed by atoms with van der Waals surface area (Å²) >= 11 is 0. The largest absolute Gasteiger partial charge is 2.00 e. The van der Waals surface area contributed by atoms with Crippen LogP contribution in [0.1, 0.15) is 11.3 Å². The van der Waals surface area contributed by atoms with E-state index in [0.29, 0.717) is 0 Å². The maximum atomic E-state index is 4.26. The topological polar surface area (TPSA) is 12.9 Å². The smallest absolute Gasteiger partial charge is 0.261 e. The summed E-state index contributed by atoms with van der Waals surface area (Å²) in [6, 6.07) is 29.5. The van der Waals surface area contributed by atoms with E-state index in [1.807, 2.05) is 66.9 Å². The number of nitrogens with zero attached hydrogens (tertiary/aromatic N) is 1. The molecule has 0 unspecified atom stereocenters. The van der Waals surface area contributed by atoms with Crippen molar-refractivity contribution in [2.24, 2.45) is 0 Å². The molecule has 0 saturated heterocycles. The van der Waals surface area contributed by atoms with Gasteiger partial charge in [0, 0.05) is 11.9 Å². The van der Waals surface area contributed by atoms with Gasteiger partial charge in [-0.05, 0) is 18.6 Å². The van der Waals surface area contributed by atoms with Crippen molar-refractivity contribution in [3.63, 3.8) is 0 Å². The Morgan fingerprint density at radius 3 is 1.95 bits per heavy atom. The molecule has 3 rings (SSSR count). The third-order valence-electron chi connectivity index (χ3n) is 2.51. The number of rotatable bonds is 2. The van der Waals surface area contributed by atoms with E-state index in [1.165, 1.54) is 5.56 Å². The quantitative estimate of drug-likeness (QED) is 0.563. The van der Waals surface area contributed by atoms with Crippen molar-refractivity contribution < 1.29 is 21.1 Å². The second-order valence-corrected chi connectivity index (χ2v) is 3.98. The van der Waals surface area contributed by atoms with E-state index < -0.39 is 0 Å². The molecular weight excluding hydrogens is 414 g/mol. The van der Waals surface area contributed by atoms with Crippen molar-refractivity contribution in [3.8, 4) is 0 Å². The van der Waals surface area contributed by atoms with Gasteiger partial charge in [-0.2, -0.15) is 72.3 Å². The molecule has 0 bridgehead atoms. The van der Waals surface area contributed by atoms with Crippen LogP contribution in [0.15, 0.2) is 79.0 Å². The minimum atomic E-state index is 0. The molecule has 0 radical (unpaired) electrons. The van der Waals surface area contributed by atoms with Crippen LogP contribution in [-0.2, 0) is 27.5 Å². The fraction of sp³-hybridized carbons (Fsp3) is 0.0556. The van der Waals surface area contributed by atoms with Crippen LogP contribution in [0.4, 0.5) is 0 Å². The Bertz CT molecular complexity index is 488. The zero-order chi connectivity index (χ0) is 13.2. The maximum absolute atomic E-state index is 4.26. The molecule has 1 nitrogen and oxygen atoms in total. The first-order chi connectivity index (χ1) is 9.45. The van der Waals surface area contributed by atoms with Gasteiger partial charge >= 0.3 is 21.1 Å². The maximum Gasteiger partial charge on any atom is 2.00 e. The molecule has 0 aliphatic carbocycles. The van der Waals surface area contributed by atoms with Crippen molar-refractivity contribution in [1.29, 1.82) is 0 Å². The normalized spacial score (nSPS) is 8.80. The number of benzene rings is 2. The molecule has 1 heterocycles.